The minimum Gasteiger partial charge on any atom is -0.469 e. The third-order valence-corrected chi connectivity index (χ3v) is 4.65. The maximum atomic E-state index is 11.9. The van der Waals surface area contributed by atoms with Crippen LogP contribution in [0.5, 0.6) is 0 Å². The number of nitrogen functional groups attached to an aromatic ring is 1. The summed E-state index contributed by atoms with van der Waals surface area (Å²) in [6, 6.07) is 21.1. The van der Waals surface area contributed by atoms with Gasteiger partial charge in [0.15, 0.2) is 0 Å². The Balaban J connectivity index is 1.74. The first-order chi connectivity index (χ1) is 14.5. The highest BCUT2D eigenvalue weighted by molar-refractivity contribution is 5.70. The number of aromatic nitrogens is 1. The van der Waals surface area contributed by atoms with E-state index in [1.54, 1.807) is 6.20 Å². The first kappa shape index (κ1) is 20.9. The molecule has 3 aromatic rings. The number of hydrogen-bond acceptors (Lipinski definition) is 5. The van der Waals surface area contributed by atoms with Gasteiger partial charge in [0.2, 0.25) is 0 Å². The van der Waals surface area contributed by atoms with Crippen molar-refractivity contribution in [2.45, 2.75) is 12.5 Å². The molecule has 3 rings (SSSR count). The Hall–Kier alpha value is -3.86. The van der Waals surface area contributed by atoms with Gasteiger partial charge in [-0.2, -0.15) is 0 Å². The van der Waals surface area contributed by atoms with Gasteiger partial charge in [0.1, 0.15) is 0 Å². The van der Waals surface area contributed by atoms with Crippen molar-refractivity contribution >= 4 is 17.7 Å². The maximum Gasteiger partial charge on any atom is 0.307 e. The molecule has 1 heterocycles. The van der Waals surface area contributed by atoms with Gasteiger partial charge >= 0.3 is 5.97 Å². The zero-order valence-electron chi connectivity index (χ0n) is 16.9. The molecule has 0 fully saturated rings. The lowest BCUT2D eigenvalue weighted by Crippen LogP contribution is -2.23. The molecule has 0 saturated heterocycles. The lowest BCUT2D eigenvalue weighted by atomic mass is 10.0. The normalized spacial score (nSPS) is 11.8. The molecule has 0 aliphatic rings. The van der Waals surface area contributed by atoms with Gasteiger partial charge in [-0.3, -0.25) is 9.78 Å². The molecule has 152 valence electrons. The predicted molar refractivity (Wildman–Crippen MR) is 121 cm³/mol. The summed E-state index contributed by atoms with van der Waals surface area (Å²) in [6.07, 6.45) is 5.77. The molecular weight excluding hydrogens is 374 g/mol. The number of nitrogens with one attached hydrogen (secondary N) is 1. The van der Waals surface area contributed by atoms with Crippen molar-refractivity contribution in [2.24, 2.45) is 0 Å². The molecule has 0 bridgehead atoms. The number of rotatable bonds is 8. The number of pyridine rings is 1. The van der Waals surface area contributed by atoms with E-state index in [4.69, 9.17) is 10.5 Å². The van der Waals surface area contributed by atoms with Crippen molar-refractivity contribution in [1.82, 2.24) is 10.3 Å². The SMILES string of the molecule is C=C(/C=C/c1ccc(N)cc1)NC(CC(=O)OC)c1ccc(-c2ccccn2)cc1. The molecule has 5 nitrogen and oxygen atoms in total. The Bertz CT molecular complexity index is 1010. The third kappa shape index (κ3) is 5.82. The highest BCUT2D eigenvalue weighted by Gasteiger charge is 2.16. The van der Waals surface area contributed by atoms with Crippen LogP contribution in [0, 0.1) is 0 Å². The molecule has 3 N–H and O–H groups in total. The molecular formula is C25H25N3O2. The molecule has 5 heteroatoms. The number of carbonyl (C=O) groups excluding carboxylic acids is 1. The van der Waals surface area contributed by atoms with E-state index < -0.39 is 0 Å². The van der Waals surface area contributed by atoms with E-state index in [2.05, 4.69) is 16.9 Å². The van der Waals surface area contributed by atoms with Crippen molar-refractivity contribution in [2.75, 3.05) is 12.8 Å². The van der Waals surface area contributed by atoms with Crippen molar-refractivity contribution in [3.05, 3.63) is 102 Å². The molecule has 1 unspecified atom stereocenters. The molecule has 0 aliphatic heterocycles. The van der Waals surface area contributed by atoms with E-state index in [-0.39, 0.29) is 18.4 Å². The minimum atomic E-state index is -0.295. The Morgan fingerprint density at radius 2 is 1.87 bits per heavy atom. The Labute approximate surface area is 176 Å². The third-order valence-electron chi connectivity index (χ3n) is 4.65. The van der Waals surface area contributed by atoms with E-state index in [0.29, 0.717) is 5.70 Å². The quantitative estimate of drug-likeness (QED) is 0.325. The fourth-order valence-corrected chi connectivity index (χ4v) is 3.00. The minimum absolute atomic E-state index is 0.189. The molecule has 0 amide bonds. The fraction of sp³-hybridized carbons (Fsp3) is 0.120. The second kappa shape index (κ2) is 10.1. The van der Waals surface area contributed by atoms with Crippen LogP contribution >= 0.6 is 0 Å². The maximum absolute atomic E-state index is 11.9. The summed E-state index contributed by atoms with van der Waals surface area (Å²) < 4.78 is 4.87. The van der Waals surface area contributed by atoms with E-state index in [0.717, 1.165) is 28.1 Å². The number of allylic oxidation sites excluding steroid dienone is 1. The Morgan fingerprint density at radius 1 is 1.13 bits per heavy atom. The lowest BCUT2D eigenvalue weighted by molar-refractivity contribution is -0.141. The van der Waals surface area contributed by atoms with Crippen LogP contribution in [0.25, 0.3) is 17.3 Å². The highest BCUT2D eigenvalue weighted by Crippen LogP contribution is 2.23. The summed E-state index contributed by atoms with van der Waals surface area (Å²) in [4.78, 5) is 16.3. The van der Waals surface area contributed by atoms with E-state index in [1.807, 2.05) is 78.9 Å². The van der Waals surface area contributed by atoms with E-state index in [1.165, 1.54) is 7.11 Å². The lowest BCUT2D eigenvalue weighted by Gasteiger charge is -2.20. The van der Waals surface area contributed by atoms with Crippen LogP contribution in [0.15, 0.2) is 91.3 Å². The summed E-state index contributed by atoms with van der Waals surface area (Å²) >= 11 is 0. The smallest absolute Gasteiger partial charge is 0.307 e. The van der Waals surface area contributed by atoms with Crippen molar-refractivity contribution in [3.8, 4) is 11.3 Å². The second-order valence-corrected chi connectivity index (χ2v) is 6.84. The number of methoxy groups -OCH3 is 1. The van der Waals surface area contributed by atoms with Crippen LogP contribution < -0.4 is 11.1 Å². The van der Waals surface area contributed by atoms with Crippen LogP contribution in [0.4, 0.5) is 5.69 Å². The predicted octanol–water partition coefficient (Wildman–Crippen LogP) is 4.75. The van der Waals surface area contributed by atoms with Gasteiger partial charge in [-0.05, 0) is 41.5 Å². The van der Waals surface area contributed by atoms with E-state index in [9.17, 15) is 4.79 Å². The van der Waals surface area contributed by atoms with Crippen molar-refractivity contribution in [3.63, 3.8) is 0 Å². The number of benzene rings is 2. The summed E-state index contributed by atoms with van der Waals surface area (Å²) in [7, 11) is 1.39. The standard InChI is InChI=1S/C25H25N3O2/c1-18(6-7-19-8-14-22(26)15-9-19)28-24(17-25(29)30-2)21-12-10-20(11-13-21)23-5-3-4-16-27-23/h3-16,24,28H,1,17,26H2,2H3/b7-6+. The number of carbonyl (C=O) groups is 1. The number of hydrogen-bond donors (Lipinski definition) is 2. The van der Waals surface area contributed by atoms with Crippen LogP contribution in [-0.4, -0.2) is 18.1 Å². The first-order valence-corrected chi connectivity index (χ1v) is 9.62. The zero-order valence-corrected chi connectivity index (χ0v) is 16.9. The average molecular weight is 399 g/mol. The van der Waals surface area contributed by atoms with Crippen LogP contribution in [0.2, 0.25) is 0 Å². The largest absolute Gasteiger partial charge is 0.469 e. The Kier molecular flexibility index (Phi) is 7.00. The number of nitrogens with two attached hydrogens (primary N) is 1. The highest BCUT2D eigenvalue weighted by atomic mass is 16.5. The number of nitrogens with zero attached hydrogens (tertiary/aromatic N) is 1. The molecule has 0 spiro atoms. The molecule has 0 saturated carbocycles. The monoisotopic (exact) mass is 399 g/mol. The van der Waals surface area contributed by atoms with Gasteiger partial charge in [-0.25, -0.2) is 0 Å². The Morgan fingerprint density at radius 3 is 2.50 bits per heavy atom. The molecule has 1 atom stereocenters. The average Bonchev–Trinajstić information content (AvgIpc) is 2.79. The van der Waals surface area contributed by atoms with Crippen molar-refractivity contribution in [1.29, 1.82) is 0 Å². The zero-order chi connectivity index (χ0) is 21.3. The molecule has 0 aliphatic carbocycles. The van der Waals surface area contributed by atoms with Crippen LogP contribution in [0.3, 0.4) is 0 Å². The first-order valence-electron chi connectivity index (χ1n) is 9.62. The van der Waals surface area contributed by atoms with Gasteiger partial charge in [-0.1, -0.05) is 55.1 Å². The van der Waals surface area contributed by atoms with Gasteiger partial charge in [0.05, 0.1) is 25.3 Å². The van der Waals surface area contributed by atoms with Gasteiger partial charge in [0.25, 0.3) is 0 Å². The molecule has 2 aromatic carbocycles. The molecule has 1 aromatic heterocycles. The van der Waals surface area contributed by atoms with Crippen molar-refractivity contribution < 1.29 is 9.53 Å². The molecule has 30 heavy (non-hydrogen) atoms. The summed E-state index contributed by atoms with van der Waals surface area (Å²) in [5.41, 5.74) is 11.0. The van der Waals surface area contributed by atoms with Gasteiger partial charge < -0.3 is 15.8 Å². The van der Waals surface area contributed by atoms with Gasteiger partial charge in [-0.15, -0.1) is 0 Å². The van der Waals surface area contributed by atoms with Gasteiger partial charge in [0, 0.05) is 23.1 Å². The molecule has 0 radical (unpaired) electrons. The van der Waals surface area contributed by atoms with E-state index >= 15 is 0 Å². The number of ether oxygens (including phenoxy) is 1. The fourth-order valence-electron chi connectivity index (χ4n) is 3.00. The summed E-state index contributed by atoms with van der Waals surface area (Å²) in [6.45, 7) is 4.07. The summed E-state index contributed by atoms with van der Waals surface area (Å²) in [5.74, 6) is -0.295. The number of anilines is 1. The topological polar surface area (TPSA) is 77.2 Å². The second-order valence-electron chi connectivity index (χ2n) is 6.84. The van der Waals surface area contributed by atoms with Crippen LogP contribution in [0.1, 0.15) is 23.6 Å². The van der Waals surface area contributed by atoms with Crippen LogP contribution in [-0.2, 0) is 9.53 Å². The number of esters is 1. The summed E-state index contributed by atoms with van der Waals surface area (Å²) in [5, 5.41) is 3.32.